The summed E-state index contributed by atoms with van der Waals surface area (Å²) in [6, 6.07) is 10.1. The van der Waals surface area contributed by atoms with Crippen LogP contribution < -0.4 is 0 Å². The molecular formula is C14H19NO2. The van der Waals surface area contributed by atoms with E-state index >= 15 is 0 Å². The normalized spacial score (nSPS) is 15.2. The minimum absolute atomic E-state index is 0.102. The van der Waals surface area contributed by atoms with Gasteiger partial charge in [0.1, 0.15) is 5.78 Å². The highest BCUT2D eigenvalue weighted by Gasteiger charge is 2.30. The monoisotopic (exact) mass is 233 g/mol. The highest BCUT2D eigenvalue weighted by Crippen LogP contribution is 2.30. The zero-order chi connectivity index (χ0) is 12.1. The van der Waals surface area contributed by atoms with Crippen molar-refractivity contribution < 1.29 is 9.90 Å². The number of nitrogens with zero attached hydrogens (tertiary/aromatic N) is 1. The van der Waals surface area contributed by atoms with Crippen LogP contribution >= 0.6 is 0 Å². The lowest BCUT2D eigenvalue weighted by atomic mass is 10.2. The summed E-state index contributed by atoms with van der Waals surface area (Å²) >= 11 is 0. The van der Waals surface area contributed by atoms with Crippen molar-refractivity contribution in [3.05, 3.63) is 35.9 Å². The number of hydrogen-bond donors (Lipinski definition) is 1. The minimum Gasteiger partial charge on any atom is -0.395 e. The number of carbonyl (C=O) groups is 1. The van der Waals surface area contributed by atoms with E-state index in [0.29, 0.717) is 24.8 Å². The van der Waals surface area contributed by atoms with Gasteiger partial charge in [-0.15, -0.1) is 0 Å². The van der Waals surface area contributed by atoms with Gasteiger partial charge in [-0.3, -0.25) is 9.69 Å². The summed E-state index contributed by atoms with van der Waals surface area (Å²) in [7, 11) is 0. The van der Waals surface area contributed by atoms with Crippen molar-refractivity contribution in [1.29, 1.82) is 0 Å². The SMILES string of the molecule is O=C(CN(CCO)Cc1ccccc1)C1CC1. The van der Waals surface area contributed by atoms with Gasteiger partial charge in [-0.25, -0.2) is 0 Å². The summed E-state index contributed by atoms with van der Waals surface area (Å²) < 4.78 is 0. The molecule has 1 aromatic carbocycles. The van der Waals surface area contributed by atoms with Crippen molar-refractivity contribution in [1.82, 2.24) is 4.90 Å². The maximum atomic E-state index is 11.8. The average Bonchev–Trinajstić information content (AvgIpc) is 3.14. The first-order valence-electron chi connectivity index (χ1n) is 6.19. The number of Topliss-reactive ketones (excluding diaryl/α,β-unsaturated/α-hetero) is 1. The van der Waals surface area contributed by atoms with E-state index in [-0.39, 0.29) is 6.61 Å². The van der Waals surface area contributed by atoms with Crippen molar-refractivity contribution in [3.8, 4) is 0 Å². The lowest BCUT2D eigenvalue weighted by Crippen LogP contribution is -2.32. The molecular weight excluding hydrogens is 214 g/mol. The summed E-state index contributed by atoms with van der Waals surface area (Å²) in [4.78, 5) is 13.8. The molecule has 0 amide bonds. The van der Waals surface area contributed by atoms with Gasteiger partial charge in [-0.2, -0.15) is 0 Å². The zero-order valence-corrected chi connectivity index (χ0v) is 10.0. The molecule has 0 atom stereocenters. The first-order chi connectivity index (χ1) is 8.29. The van der Waals surface area contributed by atoms with Gasteiger partial charge >= 0.3 is 0 Å². The fourth-order valence-electron chi connectivity index (χ4n) is 1.95. The van der Waals surface area contributed by atoms with Gasteiger partial charge in [0, 0.05) is 19.0 Å². The fourth-order valence-corrected chi connectivity index (χ4v) is 1.95. The lowest BCUT2D eigenvalue weighted by molar-refractivity contribution is -0.121. The van der Waals surface area contributed by atoms with Crippen LogP contribution in [0.15, 0.2) is 30.3 Å². The van der Waals surface area contributed by atoms with E-state index in [2.05, 4.69) is 0 Å². The molecule has 17 heavy (non-hydrogen) atoms. The van der Waals surface area contributed by atoms with Gasteiger partial charge in [0.05, 0.1) is 13.2 Å². The Labute approximate surface area is 102 Å². The molecule has 1 N–H and O–H groups in total. The second-order valence-corrected chi connectivity index (χ2v) is 4.66. The third kappa shape index (κ3) is 3.95. The molecule has 0 heterocycles. The number of rotatable bonds is 7. The molecule has 2 rings (SSSR count). The Morgan fingerprint density at radius 1 is 1.29 bits per heavy atom. The van der Waals surface area contributed by atoms with E-state index in [1.54, 1.807) is 0 Å². The van der Waals surface area contributed by atoms with Gasteiger partial charge < -0.3 is 5.11 Å². The maximum absolute atomic E-state index is 11.8. The van der Waals surface area contributed by atoms with Gasteiger partial charge in [0.2, 0.25) is 0 Å². The fraction of sp³-hybridized carbons (Fsp3) is 0.500. The topological polar surface area (TPSA) is 40.5 Å². The van der Waals surface area contributed by atoms with Gasteiger partial charge in [-0.1, -0.05) is 30.3 Å². The molecule has 0 unspecified atom stereocenters. The molecule has 3 nitrogen and oxygen atoms in total. The first kappa shape index (κ1) is 12.3. The second kappa shape index (κ2) is 5.94. The Kier molecular flexibility index (Phi) is 4.29. The first-order valence-corrected chi connectivity index (χ1v) is 6.19. The third-order valence-electron chi connectivity index (χ3n) is 3.08. The summed E-state index contributed by atoms with van der Waals surface area (Å²) in [5.41, 5.74) is 1.18. The second-order valence-electron chi connectivity index (χ2n) is 4.66. The van der Waals surface area contributed by atoms with Crippen LogP contribution in [0.4, 0.5) is 0 Å². The maximum Gasteiger partial charge on any atom is 0.149 e. The van der Waals surface area contributed by atoms with Crippen molar-refractivity contribution in [2.75, 3.05) is 19.7 Å². The third-order valence-corrected chi connectivity index (χ3v) is 3.08. The van der Waals surface area contributed by atoms with E-state index in [1.807, 2.05) is 35.2 Å². The highest BCUT2D eigenvalue weighted by molar-refractivity contribution is 5.84. The van der Waals surface area contributed by atoms with E-state index in [9.17, 15) is 4.79 Å². The van der Waals surface area contributed by atoms with Crippen molar-refractivity contribution in [2.45, 2.75) is 19.4 Å². The highest BCUT2D eigenvalue weighted by atomic mass is 16.3. The standard InChI is InChI=1S/C14H19NO2/c16-9-8-15(11-14(17)13-6-7-13)10-12-4-2-1-3-5-12/h1-5,13,16H,6-11H2. The van der Waals surface area contributed by atoms with Gasteiger partial charge in [0.25, 0.3) is 0 Å². The summed E-state index contributed by atoms with van der Waals surface area (Å²) in [5, 5.41) is 9.03. The molecule has 3 heteroatoms. The molecule has 0 bridgehead atoms. The average molecular weight is 233 g/mol. The molecule has 1 aliphatic rings. The number of aliphatic hydroxyl groups excluding tert-OH is 1. The van der Waals surface area contributed by atoms with Crippen LogP contribution in [0.25, 0.3) is 0 Å². The Morgan fingerprint density at radius 2 is 2.00 bits per heavy atom. The minimum atomic E-state index is 0.102. The molecule has 1 saturated carbocycles. The van der Waals surface area contributed by atoms with Crippen molar-refractivity contribution in [3.63, 3.8) is 0 Å². The van der Waals surface area contributed by atoms with E-state index in [1.165, 1.54) is 5.56 Å². The van der Waals surface area contributed by atoms with Gasteiger partial charge in [0.15, 0.2) is 0 Å². The molecule has 0 aliphatic heterocycles. The van der Waals surface area contributed by atoms with E-state index in [0.717, 1.165) is 19.4 Å². The Balaban J connectivity index is 1.89. The van der Waals surface area contributed by atoms with Crippen LogP contribution in [-0.4, -0.2) is 35.5 Å². The zero-order valence-electron chi connectivity index (χ0n) is 10.0. The molecule has 0 spiro atoms. The van der Waals surface area contributed by atoms with Crippen LogP contribution in [-0.2, 0) is 11.3 Å². The smallest absolute Gasteiger partial charge is 0.149 e. The van der Waals surface area contributed by atoms with Crippen LogP contribution in [0.2, 0.25) is 0 Å². The lowest BCUT2D eigenvalue weighted by Gasteiger charge is -2.20. The largest absolute Gasteiger partial charge is 0.395 e. The van der Waals surface area contributed by atoms with Crippen molar-refractivity contribution in [2.24, 2.45) is 5.92 Å². The van der Waals surface area contributed by atoms with E-state index in [4.69, 9.17) is 5.11 Å². The quantitative estimate of drug-likeness (QED) is 0.775. The Hall–Kier alpha value is -1.19. The molecule has 0 aromatic heterocycles. The number of ketones is 1. The molecule has 0 radical (unpaired) electrons. The predicted molar refractivity (Wildman–Crippen MR) is 66.5 cm³/mol. The van der Waals surface area contributed by atoms with Crippen LogP contribution in [0.5, 0.6) is 0 Å². The van der Waals surface area contributed by atoms with Crippen molar-refractivity contribution >= 4 is 5.78 Å². The summed E-state index contributed by atoms with van der Waals surface area (Å²) in [5.74, 6) is 0.626. The van der Waals surface area contributed by atoms with Gasteiger partial charge in [-0.05, 0) is 18.4 Å². The Morgan fingerprint density at radius 3 is 2.59 bits per heavy atom. The molecule has 92 valence electrons. The number of benzene rings is 1. The number of hydrogen-bond acceptors (Lipinski definition) is 3. The predicted octanol–water partition coefficient (Wildman–Crippen LogP) is 1.46. The van der Waals surface area contributed by atoms with E-state index < -0.39 is 0 Å². The molecule has 1 aliphatic carbocycles. The number of aliphatic hydroxyl groups is 1. The Bertz CT molecular complexity index is 360. The molecule has 0 saturated heterocycles. The van der Waals surface area contributed by atoms with Crippen LogP contribution in [0.3, 0.4) is 0 Å². The summed E-state index contributed by atoms with van der Waals surface area (Å²) in [6.07, 6.45) is 2.11. The molecule has 1 aromatic rings. The van der Waals surface area contributed by atoms with Crippen LogP contribution in [0, 0.1) is 5.92 Å². The van der Waals surface area contributed by atoms with Crippen LogP contribution in [0.1, 0.15) is 18.4 Å². The molecule has 1 fully saturated rings. The summed E-state index contributed by atoms with van der Waals surface area (Å²) in [6.45, 7) is 1.87. The number of carbonyl (C=O) groups excluding carboxylic acids is 1.